The zero-order valence-electron chi connectivity index (χ0n) is 18.1. The molecule has 1 saturated carbocycles. The molecule has 0 N–H and O–H groups in total. The minimum atomic E-state index is -0.114. The molecule has 5 heteroatoms. The molecule has 0 amide bonds. The standard InChI is InChI=1S/C25H30BN3O/c1-18-27-24-14-13-21(28(2)20-11-7-4-8-12-20)16-23(24)25(30)29(18)22(17-26)15-19-9-5-3-6-10-19/h3,5-6,9-10,13-14,16,20,22H,4,7-8,11-12,15,17H2,1-2H3/t22-/m0/s1. The number of benzene rings is 2. The van der Waals surface area contributed by atoms with Crippen molar-refractivity contribution in [3.8, 4) is 0 Å². The minimum Gasteiger partial charge on any atom is -0.372 e. The van der Waals surface area contributed by atoms with Crippen molar-refractivity contribution in [2.45, 2.75) is 63.9 Å². The summed E-state index contributed by atoms with van der Waals surface area (Å²) in [6, 6.07) is 16.7. The number of aromatic nitrogens is 2. The Morgan fingerprint density at radius 2 is 1.87 bits per heavy atom. The number of hydrogen-bond donors (Lipinski definition) is 0. The highest BCUT2D eigenvalue weighted by Crippen LogP contribution is 2.28. The molecule has 0 spiro atoms. The largest absolute Gasteiger partial charge is 0.372 e. The molecule has 1 aliphatic rings. The molecule has 1 heterocycles. The van der Waals surface area contributed by atoms with Gasteiger partial charge in [-0.25, -0.2) is 4.98 Å². The number of fused-ring (bicyclic) bond motifs is 1. The molecule has 0 bridgehead atoms. The smallest absolute Gasteiger partial charge is 0.261 e. The van der Waals surface area contributed by atoms with Gasteiger partial charge in [-0.3, -0.25) is 9.36 Å². The number of hydrogen-bond acceptors (Lipinski definition) is 3. The second-order valence-electron chi connectivity index (χ2n) is 8.52. The lowest BCUT2D eigenvalue weighted by atomic mass is 9.91. The van der Waals surface area contributed by atoms with Crippen molar-refractivity contribution >= 4 is 24.4 Å². The van der Waals surface area contributed by atoms with Gasteiger partial charge in [-0.05, 0) is 49.9 Å². The average molecular weight is 399 g/mol. The predicted octanol–water partition coefficient (Wildman–Crippen LogP) is 4.84. The Morgan fingerprint density at radius 3 is 2.57 bits per heavy atom. The van der Waals surface area contributed by atoms with Gasteiger partial charge in [0.25, 0.3) is 5.56 Å². The van der Waals surface area contributed by atoms with Crippen LogP contribution in [-0.2, 0) is 6.42 Å². The van der Waals surface area contributed by atoms with Crippen LogP contribution >= 0.6 is 0 Å². The molecule has 1 aromatic heterocycles. The van der Waals surface area contributed by atoms with Crippen LogP contribution in [0.25, 0.3) is 10.9 Å². The van der Waals surface area contributed by atoms with Gasteiger partial charge < -0.3 is 4.90 Å². The normalized spacial score (nSPS) is 15.9. The molecular formula is C25H30BN3O. The van der Waals surface area contributed by atoms with Crippen molar-refractivity contribution < 1.29 is 0 Å². The van der Waals surface area contributed by atoms with Crippen LogP contribution in [0.15, 0.2) is 53.3 Å². The summed E-state index contributed by atoms with van der Waals surface area (Å²) in [7, 11) is 8.26. The van der Waals surface area contributed by atoms with E-state index in [1.54, 1.807) is 4.57 Å². The molecule has 3 aromatic rings. The number of aryl methyl sites for hydroxylation is 1. The van der Waals surface area contributed by atoms with Gasteiger partial charge in [-0.15, -0.1) is 0 Å². The van der Waals surface area contributed by atoms with Crippen molar-refractivity contribution in [2.24, 2.45) is 0 Å². The minimum absolute atomic E-state index is 0.00257. The van der Waals surface area contributed by atoms with Crippen molar-refractivity contribution in [1.82, 2.24) is 9.55 Å². The Balaban J connectivity index is 1.72. The summed E-state index contributed by atoms with van der Waals surface area (Å²) in [5.41, 5.74) is 3.02. The summed E-state index contributed by atoms with van der Waals surface area (Å²) in [6.07, 6.45) is 7.45. The van der Waals surface area contributed by atoms with Gasteiger partial charge in [0.05, 0.1) is 18.7 Å². The van der Waals surface area contributed by atoms with Crippen LogP contribution in [0.5, 0.6) is 0 Å². The summed E-state index contributed by atoms with van der Waals surface area (Å²) in [5, 5.41) is 0.673. The lowest BCUT2D eigenvalue weighted by Gasteiger charge is -2.33. The highest BCUT2D eigenvalue weighted by atomic mass is 16.1. The molecule has 4 rings (SSSR count). The van der Waals surface area contributed by atoms with Crippen LogP contribution in [0, 0.1) is 6.92 Å². The number of rotatable bonds is 6. The summed E-state index contributed by atoms with van der Waals surface area (Å²) < 4.78 is 1.79. The van der Waals surface area contributed by atoms with Crippen LogP contribution in [0.3, 0.4) is 0 Å². The second kappa shape index (κ2) is 9.07. The fourth-order valence-electron chi connectivity index (χ4n) is 4.79. The summed E-state index contributed by atoms with van der Waals surface area (Å²) >= 11 is 0. The fraction of sp³-hybridized carbons (Fsp3) is 0.440. The van der Waals surface area contributed by atoms with E-state index in [4.69, 9.17) is 12.8 Å². The first kappa shape index (κ1) is 20.7. The van der Waals surface area contributed by atoms with E-state index in [1.165, 1.54) is 37.7 Å². The van der Waals surface area contributed by atoms with Gasteiger partial charge in [0.2, 0.25) is 0 Å². The Morgan fingerprint density at radius 1 is 1.13 bits per heavy atom. The van der Waals surface area contributed by atoms with Crippen LogP contribution in [-0.4, -0.2) is 30.5 Å². The molecule has 1 atom stereocenters. The molecule has 0 saturated heterocycles. The quantitative estimate of drug-likeness (QED) is 0.557. The lowest BCUT2D eigenvalue weighted by molar-refractivity contribution is 0.427. The maximum absolute atomic E-state index is 13.5. The molecule has 2 aromatic carbocycles. The summed E-state index contributed by atoms with van der Waals surface area (Å²) in [4.78, 5) is 20.6. The van der Waals surface area contributed by atoms with E-state index in [0.29, 0.717) is 30.0 Å². The van der Waals surface area contributed by atoms with E-state index in [0.717, 1.165) is 11.2 Å². The maximum atomic E-state index is 13.5. The third kappa shape index (κ3) is 4.16. The zero-order valence-corrected chi connectivity index (χ0v) is 18.1. The summed E-state index contributed by atoms with van der Waals surface area (Å²) in [6.45, 7) is 1.90. The molecule has 30 heavy (non-hydrogen) atoms. The molecular weight excluding hydrogens is 369 g/mol. The fourth-order valence-corrected chi connectivity index (χ4v) is 4.79. The van der Waals surface area contributed by atoms with Crippen LogP contribution in [0.2, 0.25) is 6.32 Å². The predicted molar refractivity (Wildman–Crippen MR) is 126 cm³/mol. The average Bonchev–Trinajstić information content (AvgIpc) is 2.79. The van der Waals surface area contributed by atoms with Crippen molar-refractivity contribution in [2.75, 3.05) is 11.9 Å². The summed E-state index contributed by atoms with van der Waals surface area (Å²) in [5.74, 6) is 0.715. The van der Waals surface area contributed by atoms with Gasteiger partial charge in [-0.2, -0.15) is 0 Å². The van der Waals surface area contributed by atoms with Crippen LogP contribution < -0.4 is 10.5 Å². The van der Waals surface area contributed by atoms with E-state index in [-0.39, 0.29) is 11.6 Å². The highest BCUT2D eigenvalue weighted by Gasteiger charge is 2.20. The highest BCUT2D eigenvalue weighted by molar-refractivity contribution is 6.08. The van der Waals surface area contributed by atoms with E-state index < -0.39 is 0 Å². The SMILES string of the molecule is [B]C[C@H](Cc1ccccc1)n1c(C)nc2ccc(N(C)C3CCCCC3)cc2c1=O. The van der Waals surface area contributed by atoms with Crippen molar-refractivity contribution in [3.05, 3.63) is 70.3 Å². The molecule has 0 aliphatic heterocycles. The van der Waals surface area contributed by atoms with E-state index in [2.05, 4.69) is 30.1 Å². The van der Waals surface area contributed by atoms with Gasteiger partial charge in [0.1, 0.15) is 5.82 Å². The Bertz CT molecular complexity index is 1060. The molecule has 0 unspecified atom stereocenters. The third-order valence-corrected chi connectivity index (χ3v) is 6.54. The number of nitrogens with zero attached hydrogens (tertiary/aromatic N) is 3. The molecule has 1 fully saturated rings. The van der Waals surface area contributed by atoms with Crippen LogP contribution in [0.4, 0.5) is 5.69 Å². The van der Waals surface area contributed by atoms with Crippen LogP contribution in [0.1, 0.15) is 49.5 Å². The molecule has 4 nitrogen and oxygen atoms in total. The van der Waals surface area contributed by atoms with Gasteiger partial charge >= 0.3 is 0 Å². The molecule has 2 radical (unpaired) electrons. The van der Waals surface area contributed by atoms with E-state index >= 15 is 0 Å². The number of anilines is 1. The van der Waals surface area contributed by atoms with E-state index in [1.807, 2.05) is 37.3 Å². The Labute approximate surface area is 180 Å². The van der Waals surface area contributed by atoms with Gasteiger partial charge in [0.15, 0.2) is 0 Å². The first-order valence-electron chi connectivity index (χ1n) is 11.1. The Hall–Kier alpha value is -2.56. The first-order chi connectivity index (χ1) is 14.6. The first-order valence-corrected chi connectivity index (χ1v) is 11.1. The van der Waals surface area contributed by atoms with E-state index in [9.17, 15) is 4.79 Å². The van der Waals surface area contributed by atoms with Crippen molar-refractivity contribution in [3.63, 3.8) is 0 Å². The Kier molecular flexibility index (Phi) is 6.26. The third-order valence-electron chi connectivity index (χ3n) is 6.54. The monoisotopic (exact) mass is 399 g/mol. The topological polar surface area (TPSA) is 38.1 Å². The van der Waals surface area contributed by atoms with Gasteiger partial charge in [-0.1, -0.05) is 55.9 Å². The molecule has 1 aliphatic carbocycles. The maximum Gasteiger partial charge on any atom is 0.261 e. The second-order valence-corrected chi connectivity index (χ2v) is 8.52. The zero-order chi connectivity index (χ0) is 21.1. The lowest BCUT2D eigenvalue weighted by Crippen LogP contribution is -2.33. The van der Waals surface area contributed by atoms with Gasteiger partial charge in [0, 0.05) is 24.8 Å². The molecule has 154 valence electrons. The van der Waals surface area contributed by atoms with Crippen molar-refractivity contribution in [1.29, 1.82) is 0 Å².